The maximum absolute atomic E-state index is 12.0. The Kier molecular flexibility index (Phi) is 3.95. The number of rotatable bonds is 3. The molecule has 0 saturated carbocycles. The summed E-state index contributed by atoms with van der Waals surface area (Å²) in [6.07, 6.45) is 0. The summed E-state index contributed by atoms with van der Waals surface area (Å²) in [5.74, 6) is 5.39. The third-order valence-electron chi connectivity index (χ3n) is 2.99. The van der Waals surface area contributed by atoms with E-state index in [1.807, 2.05) is 6.07 Å². The molecule has 2 rings (SSSR count). The molecule has 2 aromatic rings. The Morgan fingerprint density at radius 1 is 1.35 bits per heavy atom. The second-order valence-electron chi connectivity index (χ2n) is 4.54. The number of nitrogens with one attached hydrogen (secondary N) is 1. The number of nitrogens with zero attached hydrogens (tertiary/aromatic N) is 2. The number of aromatic nitrogens is 2. The van der Waals surface area contributed by atoms with Crippen LogP contribution in [0.5, 0.6) is 0 Å². The lowest BCUT2D eigenvalue weighted by atomic mass is 10.1. The van der Waals surface area contributed by atoms with Crippen molar-refractivity contribution in [3.05, 3.63) is 63.3 Å². The second-order valence-corrected chi connectivity index (χ2v) is 4.54. The minimum Gasteiger partial charge on any atom is -0.292 e. The van der Waals surface area contributed by atoms with E-state index in [2.05, 4.69) is 10.4 Å². The van der Waals surface area contributed by atoms with E-state index in [0.717, 1.165) is 5.56 Å². The van der Waals surface area contributed by atoms with Gasteiger partial charge >= 0.3 is 0 Å². The molecular weight excluding hydrogens is 256 g/mol. The molecule has 0 bridgehead atoms. The van der Waals surface area contributed by atoms with Crippen molar-refractivity contribution in [3.63, 3.8) is 0 Å². The average Bonchev–Trinajstić information content (AvgIpc) is 2.42. The molecule has 0 aliphatic carbocycles. The topological polar surface area (TPSA) is 90.0 Å². The molecular formula is C14H16N4O2. The third-order valence-corrected chi connectivity index (χ3v) is 2.99. The monoisotopic (exact) mass is 272 g/mol. The molecule has 0 saturated heterocycles. The fraction of sp³-hybridized carbons (Fsp3) is 0.214. The molecule has 20 heavy (non-hydrogen) atoms. The van der Waals surface area contributed by atoms with E-state index in [1.54, 1.807) is 36.6 Å². The predicted molar refractivity (Wildman–Crippen MR) is 75.2 cm³/mol. The van der Waals surface area contributed by atoms with Crippen molar-refractivity contribution in [3.8, 4) is 0 Å². The van der Waals surface area contributed by atoms with Crippen molar-refractivity contribution in [2.75, 3.05) is 0 Å². The van der Waals surface area contributed by atoms with Crippen molar-refractivity contribution in [1.29, 1.82) is 0 Å². The summed E-state index contributed by atoms with van der Waals surface area (Å²) in [5, 5.41) is 0. The van der Waals surface area contributed by atoms with Crippen molar-refractivity contribution in [1.82, 2.24) is 15.0 Å². The van der Waals surface area contributed by atoms with Gasteiger partial charge < -0.3 is 0 Å². The summed E-state index contributed by atoms with van der Waals surface area (Å²) < 4.78 is 1.56. The molecule has 1 aromatic carbocycles. The van der Waals surface area contributed by atoms with Gasteiger partial charge in [-0.1, -0.05) is 12.1 Å². The van der Waals surface area contributed by atoms with E-state index in [-0.39, 0.29) is 11.5 Å². The Morgan fingerprint density at radius 3 is 2.75 bits per heavy atom. The Morgan fingerprint density at radius 2 is 2.10 bits per heavy atom. The number of carbonyl (C=O) groups is 1. The summed E-state index contributed by atoms with van der Waals surface area (Å²) in [7, 11) is 0. The average molecular weight is 272 g/mol. The van der Waals surface area contributed by atoms with Crippen LogP contribution in [0, 0.1) is 13.8 Å². The van der Waals surface area contributed by atoms with Crippen LogP contribution < -0.4 is 16.8 Å². The fourth-order valence-electron chi connectivity index (χ4n) is 2.03. The lowest BCUT2D eigenvalue weighted by Crippen LogP contribution is -2.30. The van der Waals surface area contributed by atoms with Crippen molar-refractivity contribution in [2.45, 2.75) is 20.4 Å². The van der Waals surface area contributed by atoms with Crippen LogP contribution in [0.15, 0.2) is 35.1 Å². The van der Waals surface area contributed by atoms with Gasteiger partial charge in [0, 0.05) is 17.3 Å². The SMILES string of the molecule is Cc1cc(=O)n(Cc2cccc(C(=O)NN)c2)c(C)n1. The van der Waals surface area contributed by atoms with Crippen LogP contribution in [0.25, 0.3) is 0 Å². The number of hydrogen-bond donors (Lipinski definition) is 2. The van der Waals surface area contributed by atoms with Gasteiger partial charge in [0.15, 0.2) is 0 Å². The van der Waals surface area contributed by atoms with Gasteiger partial charge in [0.1, 0.15) is 5.82 Å². The molecule has 1 aromatic heterocycles. The maximum Gasteiger partial charge on any atom is 0.265 e. The van der Waals surface area contributed by atoms with Crippen molar-refractivity contribution >= 4 is 5.91 Å². The number of benzene rings is 1. The standard InChI is InChI=1S/C14H16N4O2/c1-9-6-13(19)18(10(2)16-9)8-11-4-3-5-12(7-11)14(20)17-15/h3-7H,8,15H2,1-2H3,(H,17,20). The molecule has 3 N–H and O–H groups in total. The summed E-state index contributed by atoms with van der Waals surface area (Å²) in [6, 6.07) is 8.45. The van der Waals surface area contributed by atoms with Gasteiger partial charge in [-0.05, 0) is 31.5 Å². The molecule has 0 aliphatic heterocycles. The first-order chi connectivity index (χ1) is 9.51. The Bertz CT molecular complexity index is 707. The quantitative estimate of drug-likeness (QED) is 0.484. The first kappa shape index (κ1) is 14.0. The number of nitrogens with two attached hydrogens (primary N) is 1. The Labute approximate surface area is 116 Å². The zero-order chi connectivity index (χ0) is 14.7. The van der Waals surface area contributed by atoms with Crippen LogP contribution >= 0.6 is 0 Å². The summed E-state index contributed by atoms with van der Waals surface area (Å²) >= 11 is 0. The lowest BCUT2D eigenvalue weighted by Gasteiger charge is -2.10. The smallest absolute Gasteiger partial charge is 0.265 e. The Hall–Kier alpha value is -2.47. The molecule has 0 aliphatic rings. The van der Waals surface area contributed by atoms with Crippen molar-refractivity contribution < 1.29 is 4.79 Å². The molecule has 0 unspecified atom stereocenters. The summed E-state index contributed by atoms with van der Waals surface area (Å²) in [4.78, 5) is 27.7. The summed E-state index contributed by atoms with van der Waals surface area (Å²) in [6.45, 7) is 3.93. The van der Waals surface area contributed by atoms with E-state index in [9.17, 15) is 9.59 Å². The molecule has 0 spiro atoms. The van der Waals surface area contributed by atoms with Gasteiger partial charge in [0.25, 0.3) is 11.5 Å². The molecule has 6 nitrogen and oxygen atoms in total. The number of aryl methyl sites for hydroxylation is 2. The molecule has 1 heterocycles. The number of hydrazine groups is 1. The number of carbonyl (C=O) groups excluding carboxylic acids is 1. The van der Waals surface area contributed by atoms with Gasteiger partial charge in [-0.15, -0.1) is 0 Å². The van der Waals surface area contributed by atoms with Gasteiger partial charge in [-0.2, -0.15) is 0 Å². The molecule has 0 atom stereocenters. The normalized spacial score (nSPS) is 10.3. The highest BCUT2D eigenvalue weighted by molar-refractivity contribution is 5.93. The van der Waals surface area contributed by atoms with E-state index in [1.165, 1.54) is 6.07 Å². The second kappa shape index (κ2) is 5.66. The number of hydrogen-bond acceptors (Lipinski definition) is 4. The van der Waals surface area contributed by atoms with Crippen LogP contribution in [-0.4, -0.2) is 15.5 Å². The molecule has 104 valence electrons. The van der Waals surface area contributed by atoms with Crippen LogP contribution in [0.4, 0.5) is 0 Å². The fourth-order valence-corrected chi connectivity index (χ4v) is 2.03. The first-order valence-corrected chi connectivity index (χ1v) is 6.16. The Balaban J connectivity index is 2.36. The highest BCUT2D eigenvalue weighted by atomic mass is 16.2. The van der Waals surface area contributed by atoms with E-state index in [4.69, 9.17) is 5.84 Å². The molecule has 6 heteroatoms. The van der Waals surface area contributed by atoms with Crippen LogP contribution in [0.3, 0.4) is 0 Å². The molecule has 0 fully saturated rings. The third kappa shape index (κ3) is 2.92. The van der Waals surface area contributed by atoms with Gasteiger partial charge in [0.05, 0.1) is 6.54 Å². The first-order valence-electron chi connectivity index (χ1n) is 6.16. The van der Waals surface area contributed by atoms with Crippen LogP contribution in [-0.2, 0) is 6.54 Å². The van der Waals surface area contributed by atoms with E-state index >= 15 is 0 Å². The highest BCUT2D eigenvalue weighted by Gasteiger charge is 2.07. The minimum absolute atomic E-state index is 0.108. The summed E-state index contributed by atoms with van der Waals surface area (Å²) in [5.41, 5.74) is 3.96. The molecule has 1 amide bonds. The predicted octanol–water partition coefficient (Wildman–Crippen LogP) is 0.512. The van der Waals surface area contributed by atoms with Gasteiger partial charge in [0.2, 0.25) is 0 Å². The number of nitrogen functional groups attached to an aromatic ring is 1. The molecule has 0 radical (unpaired) electrons. The lowest BCUT2D eigenvalue weighted by molar-refractivity contribution is 0.0953. The van der Waals surface area contributed by atoms with Gasteiger partial charge in [-0.3, -0.25) is 19.6 Å². The van der Waals surface area contributed by atoms with Crippen molar-refractivity contribution in [2.24, 2.45) is 5.84 Å². The van der Waals surface area contributed by atoms with E-state index in [0.29, 0.717) is 23.6 Å². The van der Waals surface area contributed by atoms with Gasteiger partial charge in [-0.25, -0.2) is 10.8 Å². The number of amides is 1. The van der Waals surface area contributed by atoms with E-state index < -0.39 is 0 Å². The minimum atomic E-state index is -0.363. The zero-order valence-electron chi connectivity index (χ0n) is 11.4. The highest BCUT2D eigenvalue weighted by Crippen LogP contribution is 2.07. The van der Waals surface area contributed by atoms with Crippen LogP contribution in [0.2, 0.25) is 0 Å². The maximum atomic E-state index is 12.0. The largest absolute Gasteiger partial charge is 0.292 e. The van der Waals surface area contributed by atoms with Crippen LogP contribution in [0.1, 0.15) is 27.4 Å². The zero-order valence-corrected chi connectivity index (χ0v) is 11.4.